The van der Waals surface area contributed by atoms with Crippen molar-refractivity contribution >= 4 is 18.5 Å². The van der Waals surface area contributed by atoms with Gasteiger partial charge in [0.1, 0.15) is 5.84 Å². The number of hydrogen-bond donors (Lipinski definition) is 1. The van der Waals surface area contributed by atoms with E-state index in [9.17, 15) is 0 Å². The summed E-state index contributed by atoms with van der Waals surface area (Å²) in [7, 11) is 0. The van der Waals surface area contributed by atoms with Gasteiger partial charge in [-0.3, -0.25) is 0 Å². The molecule has 2 nitrogen and oxygen atoms in total. The molecule has 3 heteroatoms. The number of hydrogen-bond acceptors (Lipinski definition) is 3. The van der Waals surface area contributed by atoms with Crippen LogP contribution in [0.15, 0.2) is 46.9 Å². The fraction of sp³-hybridized carbons (Fsp3) is 0.273. The normalized spacial score (nSPS) is 21.1. The van der Waals surface area contributed by atoms with Gasteiger partial charge >= 0.3 is 0 Å². The van der Waals surface area contributed by atoms with Gasteiger partial charge in [0.05, 0.1) is 5.70 Å². The molecule has 0 amide bonds. The molecule has 2 aliphatic heterocycles. The molecule has 0 spiro atoms. The zero-order valence-electron chi connectivity index (χ0n) is 8.01. The lowest BCUT2D eigenvalue weighted by atomic mass is 10.2. The van der Waals surface area contributed by atoms with Gasteiger partial charge in [0.15, 0.2) is 0 Å². The maximum Gasteiger partial charge on any atom is 0.140 e. The van der Waals surface area contributed by atoms with E-state index in [-0.39, 0.29) is 5.25 Å². The maximum absolute atomic E-state index is 4.50. The smallest absolute Gasteiger partial charge is 0.140 e. The van der Waals surface area contributed by atoms with E-state index in [1.807, 2.05) is 31.4 Å². The molecule has 0 aromatic heterocycles. The van der Waals surface area contributed by atoms with Crippen molar-refractivity contribution < 1.29 is 0 Å². The first-order valence-corrected chi connectivity index (χ1v) is 5.12. The molecule has 1 unspecified atom stereocenters. The lowest BCUT2D eigenvalue weighted by Gasteiger charge is -2.23. The van der Waals surface area contributed by atoms with Crippen LogP contribution < -0.4 is 0 Å². The highest BCUT2D eigenvalue weighted by molar-refractivity contribution is 7.81. The zero-order valence-corrected chi connectivity index (χ0v) is 8.91. The van der Waals surface area contributed by atoms with Crippen LogP contribution in [0.1, 0.15) is 6.92 Å². The average molecular weight is 204 g/mol. The fourth-order valence-corrected chi connectivity index (χ4v) is 1.53. The van der Waals surface area contributed by atoms with Gasteiger partial charge in [-0.2, -0.15) is 12.6 Å². The van der Waals surface area contributed by atoms with E-state index in [2.05, 4.69) is 34.3 Å². The number of allylic oxidation sites excluding steroid dienone is 1. The van der Waals surface area contributed by atoms with Gasteiger partial charge in [-0.1, -0.05) is 0 Å². The summed E-state index contributed by atoms with van der Waals surface area (Å²) in [5.74, 6) is 0.938. The van der Waals surface area contributed by atoms with Gasteiger partial charge in [-0.05, 0) is 25.2 Å². The van der Waals surface area contributed by atoms with E-state index in [4.69, 9.17) is 0 Å². The number of thiol groups is 1. The summed E-state index contributed by atoms with van der Waals surface area (Å²) in [5, 5.41) is 0.189. The maximum atomic E-state index is 4.50. The third kappa shape index (κ3) is 1.84. The Morgan fingerprint density at radius 3 is 3.29 bits per heavy atom. The molecular weight excluding hydrogens is 192 g/mol. The second kappa shape index (κ2) is 3.91. The summed E-state index contributed by atoms with van der Waals surface area (Å²) >= 11 is 4.37. The van der Waals surface area contributed by atoms with Crippen molar-refractivity contribution in [1.82, 2.24) is 4.90 Å². The minimum absolute atomic E-state index is 0.189. The molecule has 1 atom stereocenters. The Kier molecular flexibility index (Phi) is 2.62. The topological polar surface area (TPSA) is 15.6 Å². The van der Waals surface area contributed by atoms with Crippen molar-refractivity contribution in [2.45, 2.75) is 12.2 Å². The molecule has 0 saturated carbocycles. The van der Waals surface area contributed by atoms with Gasteiger partial charge in [0.25, 0.3) is 0 Å². The molecule has 0 N–H and O–H groups in total. The molecular formula is C11H12N2S. The summed E-state index contributed by atoms with van der Waals surface area (Å²) in [6.07, 6.45) is 9.84. The Morgan fingerprint density at radius 2 is 2.50 bits per heavy atom. The minimum Gasteiger partial charge on any atom is -0.329 e. The minimum atomic E-state index is 0.189. The van der Waals surface area contributed by atoms with Crippen molar-refractivity contribution in [2.75, 3.05) is 6.54 Å². The third-order valence-electron chi connectivity index (χ3n) is 2.13. The predicted octanol–water partition coefficient (Wildman–Crippen LogP) is 2.14. The number of aliphatic imine (C=N–C) groups is 1. The fourth-order valence-electron chi connectivity index (χ4n) is 1.37. The molecule has 2 aliphatic rings. The van der Waals surface area contributed by atoms with Crippen LogP contribution in [-0.2, 0) is 0 Å². The largest absolute Gasteiger partial charge is 0.329 e. The number of rotatable bonds is 1. The quantitative estimate of drug-likeness (QED) is 0.511. The highest BCUT2D eigenvalue weighted by atomic mass is 32.1. The number of amidine groups is 1. The van der Waals surface area contributed by atoms with Gasteiger partial charge in [0.2, 0.25) is 0 Å². The monoisotopic (exact) mass is 204 g/mol. The lowest BCUT2D eigenvalue weighted by molar-refractivity contribution is 0.610. The lowest BCUT2D eigenvalue weighted by Crippen LogP contribution is -2.27. The molecule has 72 valence electrons. The first-order valence-electron chi connectivity index (χ1n) is 4.60. The summed E-state index contributed by atoms with van der Waals surface area (Å²) in [5.41, 5.74) is 4.08. The second-order valence-corrected chi connectivity index (χ2v) is 4.02. The summed E-state index contributed by atoms with van der Waals surface area (Å²) in [6.45, 7) is 2.89. The molecule has 0 aromatic carbocycles. The highest BCUT2D eigenvalue weighted by Crippen LogP contribution is 2.16. The second-order valence-electron chi connectivity index (χ2n) is 3.25. The van der Waals surface area contributed by atoms with Gasteiger partial charge < -0.3 is 4.90 Å². The van der Waals surface area contributed by atoms with Crippen LogP contribution in [-0.4, -0.2) is 22.5 Å². The Bertz CT molecular complexity index is 382. The van der Waals surface area contributed by atoms with E-state index < -0.39 is 0 Å². The van der Waals surface area contributed by atoms with E-state index in [1.165, 1.54) is 0 Å². The van der Waals surface area contributed by atoms with Gasteiger partial charge in [0, 0.05) is 24.1 Å². The molecule has 2 heterocycles. The predicted molar refractivity (Wildman–Crippen MR) is 62.5 cm³/mol. The van der Waals surface area contributed by atoms with Crippen LogP contribution in [0.5, 0.6) is 0 Å². The Labute approximate surface area is 89.4 Å². The molecule has 0 radical (unpaired) electrons. The van der Waals surface area contributed by atoms with Crippen molar-refractivity contribution in [1.29, 1.82) is 0 Å². The first-order chi connectivity index (χ1) is 6.77. The van der Waals surface area contributed by atoms with E-state index >= 15 is 0 Å². The summed E-state index contributed by atoms with van der Waals surface area (Å²) < 4.78 is 0. The van der Waals surface area contributed by atoms with Gasteiger partial charge in [-0.15, -0.1) is 5.73 Å². The van der Waals surface area contributed by atoms with Crippen molar-refractivity contribution in [3.63, 3.8) is 0 Å². The Hall–Kier alpha value is -1.18. The molecule has 0 fully saturated rings. The molecule has 0 bridgehead atoms. The summed E-state index contributed by atoms with van der Waals surface area (Å²) in [4.78, 5) is 6.58. The number of nitrogens with zero attached hydrogens (tertiary/aromatic N) is 2. The van der Waals surface area contributed by atoms with Gasteiger partial charge in [-0.25, -0.2) is 4.99 Å². The van der Waals surface area contributed by atoms with Crippen molar-refractivity contribution in [3.8, 4) is 0 Å². The zero-order chi connectivity index (χ0) is 9.97. The molecule has 14 heavy (non-hydrogen) atoms. The number of fused-ring (bicyclic) bond motifs is 1. The first kappa shape index (κ1) is 9.38. The SMILES string of the molecule is CC(S)C1=CCN2C=CC=C=CC2=N1. The third-order valence-corrected chi connectivity index (χ3v) is 2.40. The molecule has 2 rings (SSSR count). The van der Waals surface area contributed by atoms with Crippen LogP contribution in [0, 0.1) is 0 Å². The van der Waals surface area contributed by atoms with Crippen LogP contribution >= 0.6 is 12.6 Å². The van der Waals surface area contributed by atoms with E-state index in [0.29, 0.717) is 0 Å². The van der Waals surface area contributed by atoms with Crippen molar-refractivity contribution in [2.24, 2.45) is 4.99 Å². The average Bonchev–Trinajstić information content (AvgIpc) is 2.41. The van der Waals surface area contributed by atoms with E-state index in [0.717, 1.165) is 18.1 Å². The van der Waals surface area contributed by atoms with Crippen LogP contribution in [0.2, 0.25) is 0 Å². The molecule has 0 saturated heterocycles. The van der Waals surface area contributed by atoms with Crippen LogP contribution in [0.3, 0.4) is 0 Å². The Balaban J connectivity index is 2.32. The standard InChI is InChI=1S/C11H12N2S/c1-9(14)10-6-8-13-7-4-2-3-5-11(13)12-10/h2,4-7,9,14H,8H2,1H3. The summed E-state index contributed by atoms with van der Waals surface area (Å²) in [6, 6.07) is 0. The highest BCUT2D eigenvalue weighted by Gasteiger charge is 2.14. The Morgan fingerprint density at radius 1 is 1.64 bits per heavy atom. The van der Waals surface area contributed by atoms with Crippen LogP contribution in [0.25, 0.3) is 0 Å². The van der Waals surface area contributed by atoms with E-state index in [1.54, 1.807) is 0 Å². The molecule has 0 aromatic rings. The molecule has 0 aliphatic carbocycles. The van der Waals surface area contributed by atoms with Crippen molar-refractivity contribution in [3.05, 3.63) is 41.9 Å². The van der Waals surface area contributed by atoms with Crippen LogP contribution in [0.4, 0.5) is 0 Å².